The van der Waals surface area contributed by atoms with Crippen LogP contribution in [-0.2, 0) is 0 Å². The summed E-state index contributed by atoms with van der Waals surface area (Å²) in [6, 6.07) is 8.22. The number of alkyl halides is 2. The van der Waals surface area contributed by atoms with Crippen molar-refractivity contribution in [1.82, 2.24) is 15.3 Å². The van der Waals surface area contributed by atoms with Gasteiger partial charge in [-0.1, -0.05) is 24.8 Å². The predicted octanol–water partition coefficient (Wildman–Crippen LogP) is 4.86. The minimum atomic E-state index is -3.16. The zero-order chi connectivity index (χ0) is 31.9. The van der Waals surface area contributed by atoms with Gasteiger partial charge in [0.1, 0.15) is 29.6 Å². The van der Waals surface area contributed by atoms with Crippen molar-refractivity contribution >= 4 is 90.3 Å². The Balaban J connectivity index is 1.68. The molecule has 3 aromatic carbocycles. The maximum absolute atomic E-state index is 14.8. The number of rotatable bonds is 6. The van der Waals surface area contributed by atoms with Gasteiger partial charge >= 0.3 is 6.55 Å². The third-order valence-corrected chi connectivity index (χ3v) is 7.97. The number of nitrogens with one attached hydrogen (secondary N) is 2. The Bertz CT molecular complexity index is 1890. The van der Waals surface area contributed by atoms with Gasteiger partial charge in [-0.25, -0.2) is 18.7 Å². The van der Waals surface area contributed by atoms with Crippen LogP contribution in [0.25, 0.3) is 16.6 Å². The van der Waals surface area contributed by atoms with E-state index in [1.54, 1.807) is 0 Å². The average Bonchev–Trinajstić information content (AvgIpc) is 3.43. The zero-order valence-corrected chi connectivity index (χ0v) is 23.5. The molecule has 16 heteroatoms. The summed E-state index contributed by atoms with van der Waals surface area (Å²) in [6.07, 6.45) is 1.26. The molecule has 1 atom stereocenters. The highest BCUT2D eigenvalue weighted by Gasteiger charge is 2.49. The van der Waals surface area contributed by atoms with E-state index in [2.05, 4.69) is 33.8 Å². The van der Waals surface area contributed by atoms with E-state index >= 15 is 0 Å². The Labute approximate surface area is 262 Å². The zero-order valence-electron chi connectivity index (χ0n) is 22.8. The minimum Gasteiger partial charge on any atom is -0.374 e. The second-order valence-corrected chi connectivity index (χ2v) is 10.9. The van der Waals surface area contributed by atoms with Gasteiger partial charge in [0.05, 0.1) is 62.2 Å². The smallest absolute Gasteiger partial charge is 0.320 e. The van der Waals surface area contributed by atoms with Crippen LogP contribution < -0.4 is 20.4 Å². The molecule has 4 aromatic rings. The van der Waals surface area contributed by atoms with Crippen LogP contribution in [0.3, 0.4) is 0 Å². The molecule has 44 heavy (non-hydrogen) atoms. The summed E-state index contributed by atoms with van der Waals surface area (Å²) in [5.74, 6) is -1.37. The highest BCUT2D eigenvalue weighted by atomic mass is 35.5. The lowest BCUT2D eigenvalue weighted by atomic mass is 9.26. The van der Waals surface area contributed by atoms with Crippen LogP contribution in [0.2, 0.25) is 10.1 Å². The molecule has 0 saturated carbocycles. The molecule has 0 fully saturated rings. The molecule has 6 nitrogen and oxygen atoms in total. The molecule has 1 aromatic heterocycles. The van der Waals surface area contributed by atoms with E-state index in [9.17, 15) is 17.6 Å². The molecule has 10 radical (unpaired) electrons. The number of benzene rings is 3. The van der Waals surface area contributed by atoms with Gasteiger partial charge in [0.15, 0.2) is 0 Å². The molecule has 2 N–H and O–H groups in total. The van der Waals surface area contributed by atoms with Gasteiger partial charge < -0.3 is 15.5 Å². The number of halogens is 5. The molecule has 208 valence electrons. The maximum atomic E-state index is 14.8. The fourth-order valence-electron chi connectivity index (χ4n) is 5.53. The van der Waals surface area contributed by atoms with Crippen molar-refractivity contribution < 1.29 is 17.6 Å². The molecule has 0 bridgehead atoms. The van der Waals surface area contributed by atoms with Crippen molar-refractivity contribution in [3.8, 4) is 0 Å². The van der Waals surface area contributed by atoms with E-state index in [1.165, 1.54) is 48.8 Å². The monoisotopic (exact) mass is 602 g/mol. The summed E-state index contributed by atoms with van der Waals surface area (Å²) in [6.45, 7) is 4.69. The number of nitrogens with zero attached hydrogens (tertiary/aromatic N) is 4. The van der Waals surface area contributed by atoms with Crippen molar-refractivity contribution in [2.24, 2.45) is 0 Å². The first-order chi connectivity index (χ1) is 20.6. The number of hydrogen-bond donors (Lipinski definition) is 2. The topological polar surface area (TPSA) is 56.3 Å². The Kier molecular flexibility index (Phi) is 7.03. The van der Waals surface area contributed by atoms with E-state index in [-0.39, 0.29) is 50.5 Å². The van der Waals surface area contributed by atoms with E-state index in [4.69, 9.17) is 50.8 Å². The number of aromatic nitrogens is 2. The molecule has 2 aliphatic rings. The lowest BCUT2D eigenvalue weighted by Gasteiger charge is -2.50. The van der Waals surface area contributed by atoms with Gasteiger partial charge in [-0.05, 0) is 47.8 Å². The Hall–Kier alpha value is -3.99. The number of anilines is 4. The summed E-state index contributed by atoms with van der Waals surface area (Å²) in [5.41, 5.74) is 1.44. The van der Waals surface area contributed by atoms with Crippen LogP contribution in [0.5, 0.6) is 0 Å². The first-order valence-electron chi connectivity index (χ1n) is 12.9. The van der Waals surface area contributed by atoms with Gasteiger partial charge in [-0.3, -0.25) is 4.90 Å². The largest absolute Gasteiger partial charge is 0.374 e. The first-order valence-corrected chi connectivity index (χ1v) is 13.3. The number of hydrogen-bond acceptors (Lipinski definition) is 6. The molecular formula is C28H16B5ClF4N6. The van der Waals surface area contributed by atoms with Crippen LogP contribution in [0.4, 0.5) is 40.4 Å². The molecule has 1 unspecified atom stereocenters. The van der Waals surface area contributed by atoms with Gasteiger partial charge in [0.2, 0.25) is 0 Å². The van der Waals surface area contributed by atoms with Crippen LogP contribution in [-0.4, -0.2) is 61.1 Å². The average molecular weight is 602 g/mol. The second kappa shape index (κ2) is 10.3. The SMILES string of the molecule is [B]C([B])([B])C([B])([B])N1C(=C)N(C(F)F)c2c1cc(Nc1ncnc3ccc(F)cc13)c1c2C(=C)NC1c1cc(F)ccc1Cl. The third kappa shape index (κ3) is 4.55. The first kappa shape index (κ1) is 30.1. The summed E-state index contributed by atoms with van der Waals surface area (Å²) >= 11 is 6.50. The normalized spacial score (nSPS) is 16.5. The van der Waals surface area contributed by atoms with E-state index in [0.717, 1.165) is 4.90 Å². The predicted molar refractivity (Wildman–Crippen MR) is 169 cm³/mol. The molecular weight excluding hydrogens is 586 g/mol. The lowest BCUT2D eigenvalue weighted by Crippen LogP contribution is -2.59. The van der Waals surface area contributed by atoms with E-state index in [1.807, 2.05) is 0 Å². The summed E-state index contributed by atoms with van der Waals surface area (Å²) < 4.78 is 58.4. The minimum absolute atomic E-state index is 0.0224. The fourth-order valence-corrected chi connectivity index (χ4v) is 5.76. The van der Waals surface area contributed by atoms with Gasteiger partial charge in [-0.15, -0.1) is 5.11 Å². The molecule has 3 heterocycles. The summed E-state index contributed by atoms with van der Waals surface area (Å²) in [4.78, 5) is 10.0. The van der Waals surface area contributed by atoms with Crippen molar-refractivity contribution in [3.05, 3.63) is 101 Å². The van der Waals surface area contributed by atoms with E-state index in [0.29, 0.717) is 21.4 Å². The van der Waals surface area contributed by atoms with Crippen LogP contribution in [0.1, 0.15) is 22.7 Å². The summed E-state index contributed by atoms with van der Waals surface area (Å²) in [7, 11) is 30.4. The summed E-state index contributed by atoms with van der Waals surface area (Å²) in [5, 5.41) is 2.08. The Morgan fingerprint density at radius 1 is 0.977 bits per heavy atom. The van der Waals surface area contributed by atoms with Gasteiger partial charge in [0.25, 0.3) is 0 Å². The molecule has 0 amide bonds. The maximum Gasteiger partial charge on any atom is 0.320 e. The standard InChI is InChI=1S/C28H16B5ClF4N6/c1-11-21-22(23(41-11)15-7-13(35)3-5-17(15)34)19(42-25-16-8-14(36)4-6-18(16)39-10-40-25)9-20-24(21)43(26(37)38)12(2)44(20)28(32,33)27(29,30)31/h3-10,23,26,41H,1-2H2,(H,39,40,42). The highest BCUT2D eigenvalue weighted by Crippen LogP contribution is 2.57. The molecule has 0 aliphatic carbocycles. The van der Waals surface area contributed by atoms with Crippen molar-refractivity contribution in [2.45, 2.75) is 23.0 Å². The second-order valence-electron chi connectivity index (χ2n) is 10.5. The molecule has 0 saturated heterocycles. The quantitative estimate of drug-likeness (QED) is 0.187. The molecule has 0 spiro atoms. The van der Waals surface area contributed by atoms with Crippen LogP contribution in [0, 0.1) is 11.6 Å². The lowest BCUT2D eigenvalue weighted by molar-refractivity contribution is 0.151. The molecule has 2 aliphatic heterocycles. The number of fused-ring (bicyclic) bond motifs is 4. The fraction of sp³-hybridized carbons (Fsp3) is 0.143. The Morgan fingerprint density at radius 2 is 1.66 bits per heavy atom. The Morgan fingerprint density at radius 3 is 2.34 bits per heavy atom. The van der Waals surface area contributed by atoms with E-state index < -0.39 is 34.7 Å². The highest BCUT2D eigenvalue weighted by molar-refractivity contribution is 6.68. The molecule has 6 rings (SSSR count). The van der Waals surface area contributed by atoms with Crippen molar-refractivity contribution in [2.75, 3.05) is 15.1 Å². The van der Waals surface area contributed by atoms with Crippen molar-refractivity contribution in [3.63, 3.8) is 0 Å². The van der Waals surface area contributed by atoms with Gasteiger partial charge in [0, 0.05) is 38.5 Å². The van der Waals surface area contributed by atoms with Crippen LogP contribution >= 0.6 is 11.6 Å². The van der Waals surface area contributed by atoms with Gasteiger partial charge in [-0.2, -0.15) is 8.78 Å². The third-order valence-electron chi connectivity index (χ3n) is 7.63. The van der Waals surface area contributed by atoms with Crippen LogP contribution in [0.15, 0.2) is 67.8 Å². The van der Waals surface area contributed by atoms with Crippen molar-refractivity contribution in [1.29, 1.82) is 0 Å².